The number of nitrogens with one attached hydrogen (secondary N) is 4. The number of rotatable bonds is 20. The molecule has 0 aliphatic heterocycles. The molecule has 16 aromatic rings. The van der Waals surface area contributed by atoms with Gasteiger partial charge in [-0.1, -0.05) is 98.5 Å². The molecule has 4 aliphatic rings. The molecule has 10 N–H and O–H groups in total. The second-order valence-corrected chi connectivity index (χ2v) is 35.1. The summed E-state index contributed by atoms with van der Waals surface area (Å²) in [5.41, 5.74) is 17.7. The molecule has 0 radical (unpaired) electrons. The van der Waals surface area contributed by atoms with Crippen LogP contribution in [0.4, 0.5) is 36.4 Å². The zero-order valence-electron chi connectivity index (χ0n) is 76.1. The van der Waals surface area contributed by atoms with Crippen LogP contribution in [0.1, 0.15) is 89.9 Å². The first-order valence-electron chi connectivity index (χ1n) is 45.2. The molecule has 4 aromatic carbocycles. The zero-order valence-corrected chi connectivity index (χ0v) is 76.1. The van der Waals surface area contributed by atoms with Gasteiger partial charge < -0.3 is 51.9 Å². The zero-order chi connectivity index (χ0) is 94.1. The molecule has 34 nitrogen and oxygen atoms in total. The maximum Gasteiger partial charge on any atom is 0.275 e. The molecule has 12 heterocycles. The fourth-order valence-corrected chi connectivity index (χ4v) is 17.5. The standard InChI is InChI=1S/2C25H29N7O2.C24H25F2N7O.C24H26FN7O/c2*1-31-14-18(11-27-31)16-6-5-7-17(10-16)24-26-13-20(19-12-28-32(2)15-19)25(30-24)29-21-8-3-4-9-22(33)23(21)34;1-32-13-17(10-28-32)15-5-3-6-16(9-15)22-27-12-19(18-11-29-33(2)14-18)23(31-22)30-20-7-4-8-24(25,26)21(20)34;1-31-13-17(10-27-31)15-5-3-6-16(9-15)23-26-12-19(18-11-28-32(2)14-18)24(30-23)29-21-8-4-7-20(25)22(21)33/h2*5-7,10-15,21-23,33-34H,3-4,8-9H2,1-2H3,(H,26,29,30);3,5-6,9-14,20-21,34H,4,7-8H2,1-2H3,(H,27,30,31);3,5-6,9-14,20-22,33H,4,7-8H2,1-2H3,(H,26,29,30)/t2*21-,22+,23-;20-,21-;20-,21-,22+/m1011/s1. The lowest BCUT2D eigenvalue weighted by atomic mass is 9.89. The molecule has 11 atom stereocenters. The van der Waals surface area contributed by atoms with E-state index in [-0.39, 0.29) is 18.5 Å². The van der Waals surface area contributed by atoms with Crippen molar-refractivity contribution < 1.29 is 43.8 Å². The van der Waals surface area contributed by atoms with Crippen LogP contribution >= 0.6 is 0 Å². The Morgan fingerprint density at radius 2 is 0.526 bits per heavy atom. The molecule has 4 saturated carbocycles. The first kappa shape index (κ1) is 92.5. The normalized spacial score (nSPS) is 20.5. The van der Waals surface area contributed by atoms with E-state index in [0.29, 0.717) is 97.1 Å². The number of aromatic nitrogens is 24. The minimum absolute atomic E-state index is 0.308. The molecule has 698 valence electrons. The Morgan fingerprint density at radius 1 is 0.281 bits per heavy atom. The summed E-state index contributed by atoms with van der Waals surface area (Å²) in [5, 5.41) is 110. The number of hydrogen-bond acceptors (Lipinski definition) is 26. The summed E-state index contributed by atoms with van der Waals surface area (Å²) < 4.78 is 56.4. The van der Waals surface area contributed by atoms with Crippen LogP contribution in [-0.4, -0.2) is 222 Å². The largest absolute Gasteiger partial charge is 0.390 e. The third-order valence-corrected chi connectivity index (χ3v) is 24.9. The summed E-state index contributed by atoms with van der Waals surface area (Å²) in [6, 6.07) is 29.9. The van der Waals surface area contributed by atoms with Gasteiger partial charge in [-0.15, -0.1) is 0 Å². The molecule has 0 saturated heterocycles. The van der Waals surface area contributed by atoms with Gasteiger partial charge in [-0.05, 0) is 104 Å². The number of benzene rings is 4. The SMILES string of the molecule is Cn1cc(-c2cccc(-c3ncc(-c4cnn(C)c4)c(N[C@@H]4CCCC(F)(F)[C@@H]4O)n3)c2)cn1.Cn1cc(-c2cccc(-c3ncc(-c4cnn(C)c4)c(N[C@@H]4CCCC[C@H](O)[C@@H]4O)n3)c2)cn1.Cn1cc(-c2cccc(-c3ncc(-c4cnn(C)c4)c(N[C@@H]4CCC[C@@H](F)[C@@H]4O)n3)c2)cn1.Cn1cc(-c2cccc(-c3ncc(-c4cnn(C)c4)c(N[C@H]4CCCC[C@@H](O)[C@H]4O)n3)c2)cn1. The molecule has 135 heavy (non-hydrogen) atoms. The van der Waals surface area contributed by atoms with E-state index in [2.05, 4.69) is 82.0 Å². The van der Waals surface area contributed by atoms with E-state index in [1.165, 1.54) is 0 Å². The second kappa shape index (κ2) is 41.0. The molecule has 37 heteroatoms. The van der Waals surface area contributed by atoms with E-state index < -0.39 is 60.8 Å². The van der Waals surface area contributed by atoms with Crippen LogP contribution in [-0.2, 0) is 56.4 Å². The van der Waals surface area contributed by atoms with Crippen molar-refractivity contribution in [2.24, 2.45) is 56.4 Å². The number of hydrogen-bond donors (Lipinski definition) is 10. The average molecular weight is 1830 g/mol. The van der Waals surface area contributed by atoms with Crippen LogP contribution in [0.15, 0.2) is 221 Å². The second-order valence-electron chi connectivity index (χ2n) is 35.1. The minimum Gasteiger partial charge on any atom is -0.390 e. The predicted molar refractivity (Wildman–Crippen MR) is 508 cm³/mol. The van der Waals surface area contributed by atoms with Crippen molar-refractivity contribution in [3.63, 3.8) is 0 Å². The van der Waals surface area contributed by atoms with Crippen molar-refractivity contribution in [1.82, 2.24) is 118 Å². The van der Waals surface area contributed by atoms with E-state index in [1.807, 2.05) is 208 Å². The Morgan fingerprint density at radius 3 is 0.807 bits per heavy atom. The molecule has 0 unspecified atom stereocenters. The summed E-state index contributed by atoms with van der Waals surface area (Å²) in [5.74, 6) is 1.15. The highest BCUT2D eigenvalue weighted by molar-refractivity contribution is 5.82. The monoisotopic (exact) mass is 1830 g/mol. The summed E-state index contributed by atoms with van der Waals surface area (Å²) in [6.45, 7) is 0. The molecule has 4 fully saturated rings. The fourth-order valence-electron chi connectivity index (χ4n) is 17.5. The van der Waals surface area contributed by atoms with Gasteiger partial charge >= 0.3 is 0 Å². The summed E-state index contributed by atoms with van der Waals surface area (Å²) in [6.07, 6.45) is 37.7. The molecule has 0 amide bonds. The molecular formula is C98H109F3N28O6. The minimum atomic E-state index is -3.14. The first-order valence-corrected chi connectivity index (χ1v) is 45.2. The van der Waals surface area contributed by atoms with Gasteiger partial charge in [0, 0.05) is 226 Å². The van der Waals surface area contributed by atoms with Gasteiger partial charge in [0.1, 0.15) is 41.7 Å². The Bertz CT molecular complexity index is 6300. The van der Waals surface area contributed by atoms with E-state index in [0.717, 1.165) is 144 Å². The van der Waals surface area contributed by atoms with E-state index in [4.69, 9.17) is 19.9 Å². The van der Waals surface area contributed by atoms with Crippen molar-refractivity contribution in [1.29, 1.82) is 0 Å². The highest BCUT2D eigenvalue weighted by Gasteiger charge is 2.47. The van der Waals surface area contributed by atoms with Crippen molar-refractivity contribution in [2.45, 2.75) is 163 Å². The predicted octanol–water partition coefficient (Wildman–Crippen LogP) is 13.6. The number of alkyl halides is 3. The fraction of sp³-hybridized carbons (Fsp3) is 0.347. The Labute approximate surface area is 777 Å². The van der Waals surface area contributed by atoms with Crippen LogP contribution in [0.3, 0.4) is 0 Å². The van der Waals surface area contributed by atoms with Gasteiger partial charge in [0.25, 0.3) is 5.92 Å². The molecular weight excluding hydrogens is 1720 g/mol. The van der Waals surface area contributed by atoms with Crippen molar-refractivity contribution in [3.05, 3.63) is 221 Å². The Balaban J connectivity index is 0.000000125. The number of nitrogens with zero attached hydrogens (tertiary/aromatic N) is 24. The highest BCUT2D eigenvalue weighted by atomic mass is 19.3. The lowest BCUT2D eigenvalue weighted by molar-refractivity contribution is -0.135. The quantitative estimate of drug-likeness (QED) is 0.0317. The van der Waals surface area contributed by atoms with E-state index in [9.17, 15) is 43.8 Å². The van der Waals surface area contributed by atoms with Crippen molar-refractivity contribution in [2.75, 3.05) is 21.3 Å². The summed E-state index contributed by atoms with van der Waals surface area (Å²) >= 11 is 0. The molecule has 0 spiro atoms. The first-order chi connectivity index (χ1) is 65.2. The maximum atomic E-state index is 14.2. The molecule has 20 rings (SSSR count). The van der Waals surface area contributed by atoms with Crippen molar-refractivity contribution in [3.8, 4) is 135 Å². The number of aliphatic hydroxyl groups excluding tert-OH is 6. The Hall–Kier alpha value is -14.4. The lowest BCUT2D eigenvalue weighted by Gasteiger charge is -2.35. The van der Waals surface area contributed by atoms with Gasteiger partial charge in [-0.3, -0.25) is 37.5 Å². The Kier molecular flexibility index (Phi) is 28.1. The van der Waals surface area contributed by atoms with E-state index >= 15 is 0 Å². The third-order valence-electron chi connectivity index (χ3n) is 24.9. The van der Waals surface area contributed by atoms with E-state index in [1.54, 1.807) is 106 Å². The number of aryl methyl sites for hydroxylation is 8. The number of aliphatic hydroxyl groups is 6. The van der Waals surface area contributed by atoms with Crippen molar-refractivity contribution >= 4 is 23.3 Å². The van der Waals surface area contributed by atoms with Crippen LogP contribution in [0, 0.1) is 0 Å². The number of anilines is 4. The molecule has 0 bridgehead atoms. The van der Waals surface area contributed by atoms with Gasteiger partial charge in [-0.2, -0.15) is 40.8 Å². The molecule has 12 aromatic heterocycles. The van der Waals surface area contributed by atoms with Crippen LogP contribution < -0.4 is 21.3 Å². The number of halogens is 3. The summed E-state index contributed by atoms with van der Waals surface area (Å²) in [7, 11) is 14.9. The van der Waals surface area contributed by atoms with Gasteiger partial charge in [0.15, 0.2) is 23.3 Å². The third kappa shape index (κ3) is 21.9. The van der Waals surface area contributed by atoms with Gasteiger partial charge in [0.05, 0.1) is 98.2 Å². The van der Waals surface area contributed by atoms with Crippen LogP contribution in [0.2, 0.25) is 0 Å². The smallest absolute Gasteiger partial charge is 0.275 e. The van der Waals surface area contributed by atoms with Gasteiger partial charge in [-0.25, -0.2) is 53.0 Å². The average Bonchev–Trinajstić information content (AvgIpc) is 1.73. The topological polar surface area (TPSA) is 415 Å². The lowest BCUT2D eigenvalue weighted by Crippen LogP contribution is -2.49. The highest BCUT2D eigenvalue weighted by Crippen LogP contribution is 2.41. The van der Waals surface area contributed by atoms with Crippen LogP contribution in [0.25, 0.3) is 135 Å². The van der Waals surface area contributed by atoms with Gasteiger partial charge in [0.2, 0.25) is 0 Å². The summed E-state index contributed by atoms with van der Waals surface area (Å²) in [4.78, 5) is 37.8. The van der Waals surface area contributed by atoms with Crippen LogP contribution in [0.5, 0.6) is 0 Å². The maximum absolute atomic E-state index is 14.2. The molecule has 4 aliphatic carbocycles.